The summed E-state index contributed by atoms with van der Waals surface area (Å²) in [5.74, 6) is 0. The van der Waals surface area contributed by atoms with Crippen LogP contribution >= 0.6 is 11.6 Å². The van der Waals surface area contributed by atoms with Gasteiger partial charge in [-0.25, -0.2) is 0 Å². The van der Waals surface area contributed by atoms with Crippen LogP contribution < -0.4 is 4.90 Å². The van der Waals surface area contributed by atoms with Gasteiger partial charge in [-0.2, -0.15) is 13.2 Å². The zero-order valence-electron chi connectivity index (χ0n) is 9.65. The summed E-state index contributed by atoms with van der Waals surface area (Å²) < 4.78 is 37.7. The highest BCUT2D eigenvalue weighted by Crippen LogP contribution is 2.41. The Bertz CT molecular complexity index is 503. The molecule has 0 bridgehead atoms. The lowest BCUT2D eigenvalue weighted by atomic mass is 10.2. The van der Waals surface area contributed by atoms with Crippen LogP contribution in [0.1, 0.15) is 12.8 Å². The van der Waals surface area contributed by atoms with Gasteiger partial charge in [0.15, 0.2) is 0 Å². The topological polar surface area (TPSA) is 46.4 Å². The van der Waals surface area contributed by atoms with Gasteiger partial charge in [0.05, 0.1) is 4.92 Å². The van der Waals surface area contributed by atoms with Gasteiger partial charge in [-0.05, 0) is 25.0 Å². The number of rotatable bonds is 4. The molecule has 0 aliphatic heterocycles. The first-order valence-electron chi connectivity index (χ1n) is 5.56. The smallest absolute Gasteiger partial charge is 0.354 e. The Morgan fingerprint density at radius 3 is 2.53 bits per heavy atom. The number of hydrogen-bond donors (Lipinski definition) is 0. The lowest BCUT2D eigenvalue weighted by molar-refractivity contribution is -0.384. The van der Waals surface area contributed by atoms with Crippen molar-refractivity contribution in [3.63, 3.8) is 0 Å². The predicted molar refractivity (Wildman–Crippen MR) is 64.5 cm³/mol. The summed E-state index contributed by atoms with van der Waals surface area (Å²) in [5, 5.41) is 10.8. The van der Waals surface area contributed by atoms with E-state index in [0.717, 1.165) is 4.90 Å². The summed E-state index contributed by atoms with van der Waals surface area (Å²) in [6.45, 7) is -1.21. The first-order valence-corrected chi connectivity index (χ1v) is 5.93. The molecule has 19 heavy (non-hydrogen) atoms. The van der Waals surface area contributed by atoms with E-state index in [2.05, 4.69) is 0 Å². The minimum absolute atomic E-state index is 0.0719. The highest BCUT2D eigenvalue weighted by Gasteiger charge is 2.40. The van der Waals surface area contributed by atoms with Crippen molar-refractivity contribution in [2.75, 3.05) is 11.4 Å². The number of anilines is 1. The lowest BCUT2D eigenvalue weighted by Crippen LogP contribution is -2.36. The highest BCUT2D eigenvalue weighted by atomic mass is 35.5. The molecular weight excluding hydrogens is 285 g/mol. The maximum Gasteiger partial charge on any atom is 0.405 e. The lowest BCUT2D eigenvalue weighted by Gasteiger charge is -2.25. The Balaban J connectivity index is 2.42. The van der Waals surface area contributed by atoms with Gasteiger partial charge < -0.3 is 4.90 Å². The molecule has 0 radical (unpaired) electrons. The monoisotopic (exact) mass is 294 g/mol. The Labute approximate surface area is 111 Å². The highest BCUT2D eigenvalue weighted by molar-refractivity contribution is 6.33. The molecule has 1 fully saturated rings. The molecule has 0 atom stereocenters. The van der Waals surface area contributed by atoms with Crippen molar-refractivity contribution in [3.05, 3.63) is 33.3 Å². The van der Waals surface area contributed by atoms with Crippen molar-refractivity contribution in [3.8, 4) is 0 Å². The van der Waals surface area contributed by atoms with Gasteiger partial charge in [0.1, 0.15) is 17.3 Å². The van der Waals surface area contributed by atoms with Crippen molar-refractivity contribution in [2.45, 2.75) is 25.1 Å². The summed E-state index contributed by atoms with van der Waals surface area (Å²) in [6, 6.07) is 3.70. The fraction of sp³-hybridized carbons (Fsp3) is 0.455. The third kappa shape index (κ3) is 3.28. The number of halogens is 4. The second-order valence-electron chi connectivity index (χ2n) is 4.34. The summed E-state index contributed by atoms with van der Waals surface area (Å²) in [4.78, 5) is 11.2. The number of alkyl halides is 3. The van der Waals surface area contributed by atoms with Crippen LogP contribution in [0.25, 0.3) is 0 Å². The minimum atomic E-state index is -4.42. The van der Waals surface area contributed by atoms with E-state index in [1.807, 2.05) is 0 Å². The van der Waals surface area contributed by atoms with Crippen LogP contribution in [0, 0.1) is 10.1 Å². The van der Waals surface area contributed by atoms with Gasteiger partial charge >= 0.3 is 11.9 Å². The number of benzene rings is 1. The Hall–Kier alpha value is -1.50. The van der Waals surface area contributed by atoms with Crippen molar-refractivity contribution in [1.82, 2.24) is 0 Å². The summed E-state index contributed by atoms with van der Waals surface area (Å²) >= 11 is 5.72. The molecule has 1 aliphatic rings. The normalized spacial score (nSPS) is 15.4. The van der Waals surface area contributed by atoms with Crippen LogP contribution in [0.3, 0.4) is 0 Å². The Morgan fingerprint density at radius 2 is 2.05 bits per heavy atom. The summed E-state index contributed by atoms with van der Waals surface area (Å²) in [7, 11) is 0. The van der Waals surface area contributed by atoms with E-state index in [0.29, 0.717) is 12.8 Å². The SMILES string of the molecule is O=[N+]([O-])c1c(Cl)cccc1N(CC(F)(F)F)C1CC1. The third-order valence-corrected chi connectivity index (χ3v) is 3.10. The van der Waals surface area contributed by atoms with E-state index in [9.17, 15) is 23.3 Å². The fourth-order valence-electron chi connectivity index (χ4n) is 1.91. The number of para-hydroxylation sites is 1. The summed E-state index contributed by atoms with van der Waals surface area (Å²) in [5.41, 5.74) is -0.544. The molecule has 1 aromatic carbocycles. The van der Waals surface area contributed by atoms with Crippen LogP contribution in [0.2, 0.25) is 5.02 Å². The standard InChI is InChI=1S/C11H10ClF3N2O2/c12-8-2-1-3-9(10(8)17(18)19)16(7-4-5-7)6-11(13,14)15/h1-3,7H,4-6H2. The fourth-order valence-corrected chi connectivity index (χ4v) is 2.15. The number of hydrogen-bond acceptors (Lipinski definition) is 3. The zero-order valence-corrected chi connectivity index (χ0v) is 10.4. The van der Waals surface area contributed by atoms with Crippen LogP contribution in [-0.4, -0.2) is 23.7 Å². The average molecular weight is 295 g/mol. The molecule has 0 saturated heterocycles. The number of nitro benzene ring substituents is 1. The summed E-state index contributed by atoms with van der Waals surface area (Å²) in [6.07, 6.45) is -3.22. The molecule has 8 heteroatoms. The molecule has 0 aromatic heterocycles. The first-order chi connectivity index (χ1) is 8.79. The third-order valence-electron chi connectivity index (χ3n) is 2.79. The van der Waals surface area contributed by atoms with E-state index >= 15 is 0 Å². The number of nitro groups is 1. The number of nitrogens with zero attached hydrogens (tertiary/aromatic N) is 2. The molecule has 1 saturated carbocycles. The zero-order chi connectivity index (χ0) is 14.2. The molecule has 2 rings (SSSR count). The van der Waals surface area contributed by atoms with Gasteiger partial charge in [-0.3, -0.25) is 10.1 Å². The van der Waals surface area contributed by atoms with Crippen LogP contribution in [0.15, 0.2) is 18.2 Å². The molecule has 0 unspecified atom stereocenters. The average Bonchev–Trinajstić information content (AvgIpc) is 3.07. The van der Waals surface area contributed by atoms with Crippen LogP contribution in [0.5, 0.6) is 0 Å². The van der Waals surface area contributed by atoms with E-state index in [4.69, 9.17) is 11.6 Å². The van der Waals surface area contributed by atoms with Gasteiger partial charge in [-0.1, -0.05) is 17.7 Å². The van der Waals surface area contributed by atoms with Crippen molar-refractivity contribution >= 4 is 23.0 Å². The van der Waals surface area contributed by atoms with Gasteiger partial charge in [0, 0.05) is 6.04 Å². The molecular formula is C11H10ClF3N2O2. The molecule has 4 nitrogen and oxygen atoms in total. The molecule has 0 N–H and O–H groups in total. The van der Waals surface area contributed by atoms with Crippen LogP contribution in [0.4, 0.5) is 24.5 Å². The van der Waals surface area contributed by atoms with Gasteiger partial charge in [0.2, 0.25) is 0 Å². The van der Waals surface area contributed by atoms with Crippen molar-refractivity contribution < 1.29 is 18.1 Å². The van der Waals surface area contributed by atoms with Gasteiger partial charge in [-0.15, -0.1) is 0 Å². The quantitative estimate of drug-likeness (QED) is 0.627. The van der Waals surface area contributed by atoms with Crippen LogP contribution in [-0.2, 0) is 0 Å². The second kappa shape index (κ2) is 4.88. The second-order valence-corrected chi connectivity index (χ2v) is 4.75. The maximum absolute atomic E-state index is 12.6. The molecule has 1 aliphatic carbocycles. The molecule has 0 amide bonds. The van der Waals surface area contributed by atoms with Crippen molar-refractivity contribution in [2.24, 2.45) is 0 Å². The molecule has 1 aromatic rings. The van der Waals surface area contributed by atoms with Gasteiger partial charge in [0.25, 0.3) is 0 Å². The molecule has 0 heterocycles. The van der Waals surface area contributed by atoms with E-state index in [1.54, 1.807) is 0 Å². The van der Waals surface area contributed by atoms with Crippen molar-refractivity contribution in [1.29, 1.82) is 0 Å². The predicted octanol–water partition coefficient (Wildman–Crippen LogP) is 3.78. The van der Waals surface area contributed by atoms with E-state index in [1.165, 1.54) is 18.2 Å². The van der Waals surface area contributed by atoms with E-state index in [-0.39, 0.29) is 16.8 Å². The molecule has 0 spiro atoms. The first kappa shape index (κ1) is 13.9. The Morgan fingerprint density at radius 1 is 1.42 bits per heavy atom. The van der Waals surface area contributed by atoms with E-state index < -0.39 is 23.3 Å². The maximum atomic E-state index is 12.6. The Kier molecular flexibility index (Phi) is 3.58. The largest absolute Gasteiger partial charge is 0.405 e. The minimum Gasteiger partial charge on any atom is -0.354 e. The molecule has 104 valence electrons.